The van der Waals surface area contributed by atoms with Crippen LogP contribution in [0.5, 0.6) is 0 Å². The zero-order valence-corrected chi connectivity index (χ0v) is 54.5. The number of rotatable bonds is 68. The van der Waals surface area contributed by atoms with E-state index in [1.807, 2.05) is 21.1 Å². The molecule has 0 N–H and O–H groups in total. The van der Waals surface area contributed by atoms with Gasteiger partial charge in [0.1, 0.15) is 13.2 Å². The number of hydrogen-bond donors (Lipinski definition) is 0. The normalized spacial score (nSPS) is 12.6. The van der Waals surface area contributed by atoms with Crippen LogP contribution in [0, 0.1) is 0 Å². The summed E-state index contributed by atoms with van der Waals surface area (Å²) < 4.78 is 22.8. The Morgan fingerprint density at radius 1 is 0.325 bits per heavy atom. The lowest BCUT2D eigenvalue weighted by molar-refractivity contribution is -0.870. The minimum atomic E-state index is -1.62. The van der Waals surface area contributed by atoms with Gasteiger partial charge in [0.2, 0.25) is 0 Å². The fourth-order valence-electron chi connectivity index (χ4n) is 11.1. The van der Waals surface area contributed by atoms with Gasteiger partial charge in [-0.15, -0.1) is 0 Å². The lowest BCUT2D eigenvalue weighted by Crippen LogP contribution is -2.44. The first kappa shape index (κ1) is 78.3. The third-order valence-electron chi connectivity index (χ3n) is 16.6. The average molecular weight is 1130 g/mol. The van der Waals surface area contributed by atoms with E-state index in [1.54, 1.807) is 0 Å². The number of likely N-dealkylation sites (N-methyl/N-ethyl adjacent to an activating group) is 1. The maximum absolute atomic E-state index is 12.9. The molecular formula is C71H139NO8. The van der Waals surface area contributed by atoms with Crippen molar-refractivity contribution < 1.29 is 42.9 Å². The number of hydrogen-bond acceptors (Lipinski definition) is 8. The quantitative estimate of drug-likeness (QED) is 0.0256. The van der Waals surface area contributed by atoms with Crippen molar-refractivity contribution in [2.24, 2.45) is 0 Å². The summed E-state index contributed by atoms with van der Waals surface area (Å²) in [5, 5.41) is 11.8. The number of ether oxygens (including phenoxy) is 4. The molecule has 0 radical (unpaired) electrons. The van der Waals surface area contributed by atoms with Crippen LogP contribution in [0.25, 0.3) is 0 Å². The highest BCUT2D eigenvalue weighted by Gasteiger charge is 2.22. The number of esters is 2. The number of quaternary nitrogens is 1. The Morgan fingerprint density at radius 3 is 0.800 bits per heavy atom. The highest BCUT2D eigenvalue weighted by Crippen LogP contribution is 2.20. The van der Waals surface area contributed by atoms with Crippen LogP contribution in [-0.4, -0.2) is 82.3 Å². The molecule has 9 heteroatoms. The Kier molecular flexibility index (Phi) is 62.0. The molecule has 0 saturated heterocycles. The Balaban J connectivity index is 3.94. The van der Waals surface area contributed by atoms with Gasteiger partial charge in [-0.2, -0.15) is 0 Å². The van der Waals surface area contributed by atoms with Gasteiger partial charge in [-0.1, -0.05) is 354 Å². The second kappa shape index (κ2) is 63.3. The molecule has 80 heavy (non-hydrogen) atoms. The molecule has 0 aliphatic rings. The fraction of sp³-hybridized carbons (Fsp3) is 0.958. The van der Waals surface area contributed by atoms with Crippen LogP contribution in [0.1, 0.15) is 380 Å². The smallest absolute Gasteiger partial charge is 0.306 e. The number of unbranched alkanes of at least 4 members (excludes halogenated alkanes) is 53. The Hall–Kier alpha value is -1.71. The Bertz CT molecular complexity index is 1270. The monoisotopic (exact) mass is 1130 g/mol. The Morgan fingerprint density at radius 2 is 0.562 bits per heavy atom. The first-order valence-corrected chi connectivity index (χ1v) is 35.7. The third kappa shape index (κ3) is 63.9. The number of nitrogens with zero attached hydrogens (tertiary/aromatic N) is 1. The second-order valence-electron chi connectivity index (χ2n) is 25.9. The van der Waals surface area contributed by atoms with Crippen LogP contribution >= 0.6 is 0 Å². The summed E-state index contributed by atoms with van der Waals surface area (Å²) in [4.78, 5) is 37.4. The van der Waals surface area contributed by atoms with Gasteiger partial charge in [0.15, 0.2) is 12.4 Å². The summed E-state index contributed by atoms with van der Waals surface area (Å²) in [6.07, 6.45) is 72.1. The molecule has 0 rings (SSSR count). The molecular weight excluding hydrogens is 995 g/mol. The number of aliphatic carboxylic acids is 1. The second-order valence-corrected chi connectivity index (χ2v) is 25.9. The summed E-state index contributed by atoms with van der Waals surface area (Å²) in [5.74, 6) is -2.25. The van der Waals surface area contributed by atoms with E-state index in [4.69, 9.17) is 18.9 Å². The van der Waals surface area contributed by atoms with Crippen LogP contribution in [0.3, 0.4) is 0 Å². The molecule has 0 heterocycles. The topological polar surface area (TPSA) is 111 Å². The maximum atomic E-state index is 12.9. The van der Waals surface area contributed by atoms with Gasteiger partial charge >= 0.3 is 11.9 Å². The van der Waals surface area contributed by atoms with Gasteiger partial charge in [-0.05, 0) is 12.8 Å². The van der Waals surface area contributed by atoms with Crippen molar-refractivity contribution in [3.05, 3.63) is 0 Å². The van der Waals surface area contributed by atoms with Crippen molar-refractivity contribution >= 4 is 17.9 Å². The van der Waals surface area contributed by atoms with Crippen molar-refractivity contribution in [3.8, 4) is 0 Å². The van der Waals surface area contributed by atoms with Gasteiger partial charge in [-0.3, -0.25) is 9.59 Å². The van der Waals surface area contributed by atoms with E-state index in [-0.39, 0.29) is 32.2 Å². The molecule has 0 aliphatic carbocycles. The zero-order chi connectivity index (χ0) is 58.3. The largest absolute Gasteiger partial charge is 0.545 e. The highest BCUT2D eigenvalue weighted by atomic mass is 16.7. The van der Waals surface area contributed by atoms with Gasteiger partial charge in [0.25, 0.3) is 0 Å². The summed E-state index contributed by atoms with van der Waals surface area (Å²) in [6, 6.07) is 0. The van der Waals surface area contributed by atoms with E-state index in [0.717, 1.165) is 38.5 Å². The highest BCUT2D eigenvalue weighted by molar-refractivity contribution is 5.70. The van der Waals surface area contributed by atoms with E-state index < -0.39 is 24.3 Å². The molecule has 0 spiro atoms. The molecule has 0 aliphatic heterocycles. The van der Waals surface area contributed by atoms with Gasteiger partial charge in [-0.25, -0.2) is 0 Å². The van der Waals surface area contributed by atoms with Crippen LogP contribution in [0.15, 0.2) is 0 Å². The Labute approximate surface area is 498 Å². The zero-order valence-electron chi connectivity index (χ0n) is 54.5. The lowest BCUT2D eigenvalue weighted by Gasteiger charge is -2.26. The fourth-order valence-corrected chi connectivity index (χ4v) is 11.1. The number of carboxylic acid groups (broad SMARTS) is 1. The third-order valence-corrected chi connectivity index (χ3v) is 16.6. The molecule has 0 fully saturated rings. The average Bonchev–Trinajstić information content (AvgIpc) is 3.43. The number of carbonyl (C=O) groups excluding carboxylic acids is 3. The first-order chi connectivity index (χ1) is 39.1. The molecule has 9 nitrogen and oxygen atoms in total. The molecule has 2 atom stereocenters. The van der Waals surface area contributed by atoms with Crippen molar-refractivity contribution in [3.63, 3.8) is 0 Å². The van der Waals surface area contributed by atoms with Gasteiger partial charge in [0.05, 0.1) is 40.3 Å². The predicted molar refractivity (Wildman–Crippen MR) is 339 cm³/mol. The summed E-state index contributed by atoms with van der Waals surface area (Å²) in [6.45, 7) is 4.84. The van der Waals surface area contributed by atoms with Gasteiger partial charge in [0, 0.05) is 12.8 Å². The van der Waals surface area contributed by atoms with Crippen LogP contribution in [-0.2, 0) is 33.3 Å². The van der Waals surface area contributed by atoms with Crippen LogP contribution in [0.4, 0.5) is 0 Å². The van der Waals surface area contributed by atoms with E-state index in [9.17, 15) is 19.5 Å². The van der Waals surface area contributed by atoms with Crippen molar-refractivity contribution in [1.29, 1.82) is 0 Å². The standard InChI is InChI=1S/C71H139NO8/c1-6-8-10-12-14-16-18-20-22-24-26-27-28-29-30-31-32-33-34-35-36-37-38-39-40-41-42-43-44-46-48-50-52-54-56-58-60-62-69(74)80-67(66-79-71(70(75)76)77-64-63-72(3,4)5)65-78-68(73)61-59-57-55-53-51-49-47-45-25-23-21-19-17-15-13-11-9-7-2/h67,71H,6-66H2,1-5H3. The molecule has 0 aromatic heterocycles. The summed E-state index contributed by atoms with van der Waals surface area (Å²) >= 11 is 0. The first-order valence-electron chi connectivity index (χ1n) is 35.7. The SMILES string of the molecule is CCCCCCCCCCCCCCCCCCCCCCCCCCCCCCCCCCCCCCCC(=O)OC(COC(=O)CCCCCCCCCCCCCCCCCCCC)COC(OCC[N+](C)(C)C)C(=O)[O-]. The molecule has 0 aromatic carbocycles. The molecule has 476 valence electrons. The lowest BCUT2D eigenvalue weighted by atomic mass is 10.0. The van der Waals surface area contributed by atoms with E-state index in [0.29, 0.717) is 17.4 Å². The maximum Gasteiger partial charge on any atom is 0.306 e. The predicted octanol–water partition coefficient (Wildman–Crippen LogP) is 20.5. The molecule has 0 amide bonds. The molecule has 0 bridgehead atoms. The van der Waals surface area contributed by atoms with Crippen molar-refractivity contribution in [2.75, 3.05) is 47.5 Å². The van der Waals surface area contributed by atoms with Crippen LogP contribution < -0.4 is 5.11 Å². The molecule has 0 aromatic rings. The number of carboxylic acids is 1. The van der Waals surface area contributed by atoms with Gasteiger partial charge < -0.3 is 33.3 Å². The minimum Gasteiger partial charge on any atom is -0.545 e. The van der Waals surface area contributed by atoms with E-state index >= 15 is 0 Å². The molecule has 0 saturated carbocycles. The van der Waals surface area contributed by atoms with E-state index in [1.165, 1.54) is 315 Å². The summed E-state index contributed by atoms with van der Waals surface area (Å²) in [5.41, 5.74) is 0. The summed E-state index contributed by atoms with van der Waals surface area (Å²) in [7, 11) is 5.95. The van der Waals surface area contributed by atoms with Crippen molar-refractivity contribution in [2.45, 2.75) is 392 Å². The van der Waals surface area contributed by atoms with Crippen LogP contribution in [0.2, 0.25) is 0 Å². The van der Waals surface area contributed by atoms with Crippen molar-refractivity contribution in [1.82, 2.24) is 0 Å². The van der Waals surface area contributed by atoms with E-state index in [2.05, 4.69) is 13.8 Å². The number of carbonyl (C=O) groups is 3. The minimum absolute atomic E-state index is 0.154. The molecule has 2 unspecified atom stereocenters.